The zero-order chi connectivity index (χ0) is 10.8. The first-order valence-electron chi connectivity index (χ1n) is 3.47. The molecule has 6 nitrogen and oxygen atoms in total. The van der Waals surface area contributed by atoms with E-state index in [4.69, 9.17) is 9.66 Å². The van der Waals surface area contributed by atoms with Gasteiger partial charge in [0, 0.05) is 5.69 Å². The van der Waals surface area contributed by atoms with Crippen molar-refractivity contribution in [3.8, 4) is 0 Å². The predicted molar refractivity (Wildman–Crippen MR) is 47.9 cm³/mol. The van der Waals surface area contributed by atoms with Crippen LogP contribution >= 0.6 is 0 Å². The summed E-state index contributed by atoms with van der Waals surface area (Å²) in [7, 11) is -4.22. The van der Waals surface area contributed by atoms with Crippen molar-refractivity contribution in [3.05, 3.63) is 24.3 Å². The van der Waals surface area contributed by atoms with Gasteiger partial charge in [0.2, 0.25) is 0 Å². The molecule has 0 heterocycles. The summed E-state index contributed by atoms with van der Waals surface area (Å²) in [6.07, 6.45) is -1.25. The molecule has 0 aliphatic carbocycles. The first-order valence-corrected chi connectivity index (χ1v) is 4.91. The van der Waals surface area contributed by atoms with Gasteiger partial charge in [0.1, 0.15) is 0 Å². The summed E-state index contributed by atoms with van der Waals surface area (Å²) in [5.74, 6) is 0. The quantitative estimate of drug-likeness (QED) is 0.641. The summed E-state index contributed by atoms with van der Waals surface area (Å²) in [5.41, 5.74) is 0.227. The van der Waals surface area contributed by atoms with Crippen molar-refractivity contribution in [2.45, 2.75) is 4.90 Å². The molecular formula is C7H7NO5S. The molecule has 0 saturated heterocycles. The molecule has 0 spiro atoms. The van der Waals surface area contributed by atoms with Crippen LogP contribution in [-0.4, -0.2) is 24.2 Å². The van der Waals surface area contributed by atoms with Crippen LogP contribution in [-0.2, 0) is 10.1 Å². The maximum atomic E-state index is 10.6. The van der Waals surface area contributed by atoms with Crippen LogP contribution in [0.25, 0.3) is 0 Å². The maximum absolute atomic E-state index is 10.6. The first-order chi connectivity index (χ1) is 6.39. The molecule has 1 amide bonds. The SMILES string of the molecule is O=C(O)Nc1ccc(S(=O)(=O)O)cc1. The average Bonchev–Trinajstić information content (AvgIpc) is 2.02. The molecule has 7 heteroatoms. The molecular weight excluding hydrogens is 210 g/mol. The Hall–Kier alpha value is -1.60. The molecule has 14 heavy (non-hydrogen) atoms. The lowest BCUT2D eigenvalue weighted by molar-refractivity contribution is 0.209. The summed E-state index contributed by atoms with van der Waals surface area (Å²) < 4.78 is 29.8. The van der Waals surface area contributed by atoms with Gasteiger partial charge in [0.25, 0.3) is 10.1 Å². The van der Waals surface area contributed by atoms with E-state index in [2.05, 4.69) is 0 Å². The minimum absolute atomic E-state index is 0.227. The van der Waals surface area contributed by atoms with Crippen molar-refractivity contribution in [1.29, 1.82) is 0 Å². The first kappa shape index (κ1) is 10.5. The molecule has 0 radical (unpaired) electrons. The fourth-order valence-electron chi connectivity index (χ4n) is 0.834. The van der Waals surface area contributed by atoms with Crippen LogP contribution in [0.3, 0.4) is 0 Å². The van der Waals surface area contributed by atoms with E-state index in [1.807, 2.05) is 5.32 Å². The van der Waals surface area contributed by atoms with E-state index in [9.17, 15) is 13.2 Å². The van der Waals surface area contributed by atoms with E-state index < -0.39 is 16.2 Å². The van der Waals surface area contributed by atoms with Crippen molar-refractivity contribution in [3.63, 3.8) is 0 Å². The van der Waals surface area contributed by atoms with E-state index in [1.54, 1.807) is 0 Å². The molecule has 1 aromatic carbocycles. The summed E-state index contributed by atoms with van der Waals surface area (Å²) in [5, 5.41) is 10.3. The topological polar surface area (TPSA) is 104 Å². The number of benzene rings is 1. The van der Waals surface area contributed by atoms with Crippen LogP contribution in [0.4, 0.5) is 10.5 Å². The Morgan fingerprint density at radius 2 is 1.71 bits per heavy atom. The van der Waals surface area contributed by atoms with Gasteiger partial charge in [-0.2, -0.15) is 8.42 Å². The Morgan fingerprint density at radius 3 is 2.07 bits per heavy atom. The lowest BCUT2D eigenvalue weighted by Crippen LogP contribution is -2.07. The fraction of sp³-hybridized carbons (Fsp3) is 0. The molecule has 1 rings (SSSR count). The van der Waals surface area contributed by atoms with Crippen molar-refractivity contribution >= 4 is 21.9 Å². The maximum Gasteiger partial charge on any atom is 0.409 e. The van der Waals surface area contributed by atoms with Crippen LogP contribution in [0.5, 0.6) is 0 Å². The van der Waals surface area contributed by atoms with E-state index in [0.29, 0.717) is 0 Å². The van der Waals surface area contributed by atoms with E-state index in [1.165, 1.54) is 12.1 Å². The number of hydrogen-bond donors (Lipinski definition) is 3. The van der Waals surface area contributed by atoms with Crippen LogP contribution in [0, 0.1) is 0 Å². The molecule has 0 saturated carbocycles. The summed E-state index contributed by atoms with van der Waals surface area (Å²) in [6.45, 7) is 0. The lowest BCUT2D eigenvalue weighted by atomic mass is 10.3. The molecule has 0 atom stereocenters. The van der Waals surface area contributed by atoms with Crippen LogP contribution < -0.4 is 5.32 Å². The number of rotatable bonds is 2. The zero-order valence-corrected chi connectivity index (χ0v) is 7.65. The molecule has 0 aliphatic rings. The molecule has 1 aromatic rings. The van der Waals surface area contributed by atoms with Gasteiger partial charge in [-0.3, -0.25) is 9.87 Å². The monoisotopic (exact) mass is 217 g/mol. The van der Waals surface area contributed by atoms with Gasteiger partial charge in [-0.15, -0.1) is 0 Å². The smallest absolute Gasteiger partial charge is 0.409 e. The highest BCUT2D eigenvalue weighted by Gasteiger charge is 2.08. The molecule has 0 unspecified atom stereocenters. The Labute approximate surface area is 79.9 Å². The number of carboxylic acid groups (broad SMARTS) is 1. The summed E-state index contributed by atoms with van der Waals surface area (Å²) in [6, 6.07) is 4.66. The highest BCUT2D eigenvalue weighted by Crippen LogP contribution is 2.13. The lowest BCUT2D eigenvalue weighted by Gasteiger charge is -2.00. The minimum Gasteiger partial charge on any atom is -0.465 e. The van der Waals surface area contributed by atoms with Gasteiger partial charge < -0.3 is 5.11 Å². The Bertz CT molecular complexity index is 436. The van der Waals surface area contributed by atoms with Gasteiger partial charge >= 0.3 is 6.09 Å². The van der Waals surface area contributed by atoms with Gasteiger partial charge in [-0.1, -0.05) is 0 Å². The Kier molecular flexibility index (Phi) is 2.73. The molecule has 76 valence electrons. The second kappa shape index (κ2) is 3.64. The number of carbonyl (C=O) groups is 1. The number of nitrogens with one attached hydrogen (secondary N) is 1. The number of anilines is 1. The Balaban J connectivity index is 2.95. The summed E-state index contributed by atoms with van der Waals surface area (Å²) in [4.78, 5) is 9.89. The van der Waals surface area contributed by atoms with Crippen molar-refractivity contribution in [2.75, 3.05) is 5.32 Å². The Morgan fingerprint density at radius 1 is 1.21 bits per heavy atom. The number of amides is 1. The number of hydrogen-bond acceptors (Lipinski definition) is 3. The highest BCUT2D eigenvalue weighted by atomic mass is 32.2. The van der Waals surface area contributed by atoms with Crippen LogP contribution in [0.15, 0.2) is 29.2 Å². The van der Waals surface area contributed by atoms with Crippen LogP contribution in [0.1, 0.15) is 0 Å². The molecule has 0 aliphatic heterocycles. The van der Waals surface area contributed by atoms with Gasteiger partial charge in [-0.05, 0) is 24.3 Å². The van der Waals surface area contributed by atoms with Crippen molar-refractivity contribution in [2.24, 2.45) is 0 Å². The van der Waals surface area contributed by atoms with Crippen LogP contribution in [0.2, 0.25) is 0 Å². The van der Waals surface area contributed by atoms with Crippen molar-refractivity contribution in [1.82, 2.24) is 0 Å². The van der Waals surface area contributed by atoms with Gasteiger partial charge in [0.05, 0.1) is 4.90 Å². The predicted octanol–water partition coefficient (Wildman–Crippen LogP) is 1.02. The average molecular weight is 217 g/mol. The third-order valence-electron chi connectivity index (χ3n) is 1.40. The van der Waals surface area contributed by atoms with E-state index in [-0.39, 0.29) is 10.6 Å². The molecule has 0 fully saturated rings. The third kappa shape index (κ3) is 2.71. The molecule has 0 bridgehead atoms. The normalized spacial score (nSPS) is 10.9. The van der Waals surface area contributed by atoms with Gasteiger partial charge in [0.15, 0.2) is 0 Å². The zero-order valence-electron chi connectivity index (χ0n) is 6.84. The summed E-state index contributed by atoms with van der Waals surface area (Å²) >= 11 is 0. The largest absolute Gasteiger partial charge is 0.465 e. The third-order valence-corrected chi connectivity index (χ3v) is 2.27. The molecule has 0 aromatic heterocycles. The highest BCUT2D eigenvalue weighted by molar-refractivity contribution is 7.85. The standard InChI is InChI=1S/C7H7NO5S/c9-7(10)8-5-1-3-6(4-2-5)14(11,12)13/h1-4,8H,(H,9,10)(H,11,12,13). The second-order valence-corrected chi connectivity index (χ2v) is 3.85. The van der Waals surface area contributed by atoms with Gasteiger partial charge in [-0.25, -0.2) is 4.79 Å². The minimum atomic E-state index is -4.22. The molecule has 3 N–H and O–H groups in total. The second-order valence-electron chi connectivity index (χ2n) is 2.43. The fourth-order valence-corrected chi connectivity index (χ4v) is 1.31. The van der Waals surface area contributed by atoms with Crippen molar-refractivity contribution < 1.29 is 22.9 Å². The van der Waals surface area contributed by atoms with E-state index in [0.717, 1.165) is 12.1 Å². The van der Waals surface area contributed by atoms with E-state index >= 15 is 0 Å².